The van der Waals surface area contributed by atoms with Gasteiger partial charge in [-0.2, -0.15) is 0 Å². The van der Waals surface area contributed by atoms with Crippen LogP contribution in [0.3, 0.4) is 0 Å². The first-order valence-corrected chi connectivity index (χ1v) is 8.52. The van der Waals surface area contributed by atoms with Crippen molar-refractivity contribution < 1.29 is 13.6 Å². The second kappa shape index (κ2) is 7.74. The molecule has 0 unspecified atom stereocenters. The van der Waals surface area contributed by atoms with E-state index in [2.05, 4.69) is 4.90 Å². The fraction of sp³-hybridized carbons (Fsp3) is 0.350. The van der Waals surface area contributed by atoms with Crippen LogP contribution in [-0.2, 0) is 17.8 Å². The number of piperazine rings is 1. The molecule has 0 saturated carbocycles. The van der Waals surface area contributed by atoms with Gasteiger partial charge in [0.1, 0.15) is 0 Å². The molecule has 0 aliphatic carbocycles. The average molecular weight is 344 g/mol. The highest BCUT2D eigenvalue weighted by Gasteiger charge is 2.22. The summed E-state index contributed by atoms with van der Waals surface area (Å²) in [6.07, 6.45) is 0.408. The molecule has 1 fully saturated rings. The molecule has 0 atom stereocenters. The average Bonchev–Trinajstić information content (AvgIpc) is 2.61. The number of nitrogens with zero attached hydrogens (tertiary/aromatic N) is 2. The number of hydrogen-bond donors (Lipinski definition) is 0. The van der Waals surface area contributed by atoms with Gasteiger partial charge in [0, 0.05) is 38.3 Å². The standard InChI is InChI=1S/C20H22F2N2O/c1-15-5-2-3-6-16(15)13-19(25)24-11-9-23(10-12-24)14-17-7-4-8-18(21)20(17)22/h2-8H,9-14H2,1H3. The second-order valence-electron chi connectivity index (χ2n) is 6.47. The van der Waals surface area contributed by atoms with Crippen molar-refractivity contribution in [2.75, 3.05) is 26.2 Å². The van der Waals surface area contributed by atoms with Crippen LogP contribution in [0.2, 0.25) is 0 Å². The molecule has 3 rings (SSSR count). The quantitative estimate of drug-likeness (QED) is 0.851. The number of rotatable bonds is 4. The molecule has 5 heteroatoms. The molecular weight excluding hydrogens is 322 g/mol. The Morgan fingerprint density at radius 1 is 0.960 bits per heavy atom. The maximum Gasteiger partial charge on any atom is 0.227 e. The molecule has 2 aromatic carbocycles. The van der Waals surface area contributed by atoms with Crippen molar-refractivity contribution in [1.29, 1.82) is 0 Å². The van der Waals surface area contributed by atoms with E-state index in [9.17, 15) is 13.6 Å². The van der Waals surface area contributed by atoms with Gasteiger partial charge in [0.2, 0.25) is 5.91 Å². The van der Waals surface area contributed by atoms with Crippen LogP contribution in [0, 0.1) is 18.6 Å². The fourth-order valence-corrected chi connectivity index (χ4v) is 3.15. The van der Waals surface area contributed by atoms with Gasteiger partial charge in [0.15, 0.2) is 11.6 Å². The number of hydrogen-bond acceptors (Lipinski definition) is 2. The van der Waals surface area contributed by atoms with E-state index in [1.54, 1.807) is 6.07 Å². The maximum atomic E-state index is 13.8. The molecule has 1 heterocycles. The Morgan fingerprint density at radius 2 is 1.64 bits per heavy atom. The molecule has 1 amide bonds. The Morgan fingerprint density at radius 3 is 2.36 bits per heavy atom. The van der Waals surface area contributed by atoms with Crippen molar-refractivity contribution in [3.63, 3.8) is 0 Å². The van der Waals surface area contributed by atoms with Gasteiger partial charge in [-0.15, -0.1) is 0 Å². The maximum absolute atomic E-state index is 13.8. The molecule has 0 aromatic heterocycles. The van der Waals surface area contributed by atoms with E-state index in [1.807, 2.05) is 36.1 Å². The van der Waals surface area contributed by atoms with Crippen molar-refractivity contribution in [2.24, 2.45) is 0 Å². The lowest BCUT2D eigenvalue weighted by Gasteiger charge is -2.35. The van der Waals surface area contributed by atoms with Gasteiger partial charge < -0.3 is 4.90 Å². The Hall–Kier alpha value is -2.27. The summed E-state index contributed by atoms with van der Waals surface area (Å²) in [5.74, 6) is -1.48. The first-order valence-electron chi connectivity index (χ1n) is 8.52. The third-order valence-electron chi connectivity index (χ3n) is 4.75. The summed E-state index contributed by atoms with van der Waals surface area (Å²) in [6.45, 7) is 4.92. The van der Waals surface area contributed by atoms with Crippen molar-refractivity contribution in [2.45, 2.75) is 19.9 Å². The molecule has 1 aliphatic heterocycles. The van der Waals surface area contributed by atoms with Crippen LogP contribution in [0.4, 0.5) is 8.78 Å². The SMILES string of the molecule is Cc1ccccc1CC(=O)N1CCN(Cc2cccc(F)c2F)CC1. The summed E-state index contributed by atoms with van der Waals surface area (Å²) in [7, 11) is 0. The zero-order chi connectivity index (χ0) is 17.8. The molecule has 0 spiro atoms. The molecule has 1 aliphatic rings. The zero-order valence-corrected chi connectivity index (χ0v) is 14.3. The number of aryl methyl sites for hydroxylation is 1. The highest BCUT2D eigenvalue weighted by molar-refractivity contribution is 5.79. The van der Waals surface area contributed by atoms with E-state index in [4.69, 9.17) is 0 Å². The summed E-state index contributed by atoms with van der Waals surface area (Å²) in [4.78, 5) is 16.4. The Balaban J connectivity index is 1.54. The number of carbonyl (C=O) groups is 1. The van der Waals surface area contributed by atoms with Crippen LogP contribution in [-0.4, -0.2) is 41.9 Å². The summed E-state index contributed by atoms with van der Waals surface area (Å²) in [6, 6.07) is 12.2. The first kappa shape index (κ1) is 17.5. The van der Waals surface area contributed by atoms with Crippen molar-refractivity contribution >= 4 is 5.91 Å². The summed E-state index contributed by atoms with van der Waals surface area (Å²) >= 11 is 0. The minimum Gasteiger partial charge on any atom is -0.340 e. The predicted molar refractivity (Wildman–Crippen MR) is 93.1 cm³/mol. The third kappa shape index (κ3) is 4.23. The Labute approximate surface area is 146 Å². The van der Waals surface area contributed by atoms with Crippen LogP contribution < -0.4 is 0 Å². The van der Waals surface area contributed by atoms with E-state index >= 15 is 0 Å². The molecule has 0 N–H and O–H groups in total. The molecule has 0 bridgehead atoms. The lowest BCUT2D eigenvalue weighted by Crippen LogP contribution is -2.48. The predicted octanol–water partition coefficient (Wildman–Crippen LogP) is 3.16. The summed E-state index contributed by atoms with van der Waals surface area (Å²) in [5.41, 5.74) is 2.53. The van der Waals surface area contributed by atoms with Crippen LogP contribution in [0.5, 0.6) is 0 Å². The van der Waals surface area contributed by atoms with E-state index < -0.39 is 11.6 Å². The van der Waals surface area contributed by atoms with Gasteiger partial charge in [0.25, 0.3) is 0 Å². The summed E-state index contributed by atoms with van der Waals surface area (Å²) < 4.78 is 27.1. The van der Waals surface area contributed by atoms with Gasteiger partial charge in [-0.25, -0.2) is 8.78 Å². The van der Waals surface area contributed by atoms with E-state index in [-0.39, 0.29) is 5.91 Å². The molecule has 2 aromatic rings. The molecular formula is C20H22F2N2O. The topological polar surface area (TPSA) is 23.6 Å². The normalized spacial score (nSPS) is 15.4. The van der Waals surface area contributed by atoms with E-state index in [1.165, 1.54) is 6.07 Å². The minimum absolute atomic E-state index is 0.117. The molecule has 0 radical (unpaired) electrons. The number of amides is 1. The lowest BCUT2D eigenvalue weighted by atomic mass is 10.1. The van der Waals surface area contributed by atoms with Crippen molar-refractivity contribution in [1.82, 2.24) is 9.80 Å². The Bertz CT molecular complexity index is 755. The largest absolute Gasteiger partial charge is 0.340 e. The van der Waals surface area contributed by atoms with Crippen molar-refractivity contribution in [3.8, 4) is 0 Å². The van der Waals surface area contributed by atoms with Gasteiger partial charge in [-0.3, -0.25) is 9.69 Å². The van der Waals surface area contributed by atoms with Gasteiger partial charge >= 0.3 is 0 Å². The smallest absolute Gasteiger partial charge is 0.227 e. The third-order valence-corrected chi connectivity index (χ3v) is 4.75. The van der Waals surface area contributed by atoms with Gasteiger partial charge in [-0.1, -0.05) is 36.4 Å². The molecule has 25 heavy (non-hydrogen) atoms. The highest BCUT2D eigenvalue weighted by atomic mass is 19.2. The van der Waals surface area contributed by atoms with Crippen molar-refractivity contribution in [3.05, 3.63) is 70.8 Å². The first-order chi connectivity index (χ1) is 12.0. The van der Waals surface area contributed by atoms with E-state index in [0.29, 0.717) is 44.7 Å². The second-order valence-corrected chi connectivity index (χ2v) is 6.47. The van der Waals surface area contributed by atoms with Gasteiger partial charge in [-0.05, 0) is 24.1 Å². The highest BCUT2D eigenvalue weighted by Crippen LogP contribution is 2.16. The minimum atomic E-state index is -0.815. The molecule has 3 nitrogen and oxygen atoms in total. The Kier molecular flexibility index (Phi) is 5.43. The monoisotopic (exact) mass is 344 g/mol. The van der Waals surface area contributed by atoms with Crippen LogP contribution in [0.15, 0.2) is 42.5 Å². The van der Waals surface area contributed by atoms with Crippen LogP contribution in [0.1, 0.15) is 16.7 Å². The summed E-state index contributed by atoms with van der Waals surface area (Å²) in [5, 5.41) is 0. The fourth-order valence-electron chi connectivity index (χ4n) is 3.15. The number of benzene rings is 2. The number of halogens is 2. The van der Waals surface area contributed by atoms with Gasteiger partial charge in [0.05, 0.1) is 6.42 Å². The lowest BCUT2D eigenvalue weighted by molar-refractivity contribution is -0.132. The zero-order valence-electron chi connectivity index (χ0n) is 14.3. The molecule has 132 valence electrons. The van der Waals surface area contributed by atoms with Crippen LogP contribution in [0.25, 0.3) is 0 Å². The number of carbonyl (C=O) groups excluding carboxylic acids is 1. The van der Waals surface area contributed by atoms with E-state index in [0.717, 1.165) is 17.2 Å². The van der Waals surface area contributed by atoms with Crippen LogP contribution >= 0.6 is 0 Å². The molecule has 1 saturated heterocycles.